The van der Waals surface area contributed by atoms with Gasteiger partial charge in [-0.15, -0.1) is 0 Å². The lowest BCUT2D eigenvalue weighted by molar-refractivity contribution is -0.144. The Morgan fingerprint density at radius 1 is 1.05 bits per heavy atom. The molecule has 0 aliphatic heterocycles. The lowest BCUT2D eigenvalue weighted by Crippen LogP contribution is -2.54. The monoisotopic (exact) mass is 524 g/mol. The van der Waals surface area contributed by atoms with Crippen LogP contribution in [0.5, 0.6) is 5.75 Å². The Kier molecular flexibility index (Phi) is 10.6. The molecule has 0 radical (unpaired) electrons. The number of carbonyl (C=O) groups is 4. The fourth-order valence-corrected chi connectivity index (χ4v) is 3.57. The van der Waals surface area contributed by atoms with Crippen LogP contribution in [0.25, 0.3) is 0 Å². The second-order valence-electron chi connectivity index (χ2n) is 9.27. The van der Waals surface area contributed by atoms with E-state index in [0.717, 1.165) is 12.0 Å². The summed E-state index contributed by atoms with van der Waals surface area (Å²) >= 11 is 0. The fourth-order valence-electron chi connectivity index (χ4n) is 3.57. The second kappa shape index (κ2) is 13.6. The van der Waals surface area contributed by atoms with Gasteiger partial charge in [0.15, 0.2) is 0 Å². The van der Waals surface area contributed by atoms with Crippen molar-refractivity contribution in [3.63, 3.8) is 0 Å². The molecule has 0 spiro atoms. The van der Waals surface area contributed by atoms with Crippen molar-refractivity contribution in [2.45, 2.75) is 44.9 Å². The van der Waals surface area contributed by atoms with Gasteiger partial charge in [0.05, 0.1) is 13.2 Å². The number of phenols is 1. The number of nitriles is 1. The topological polar surface area (TPSA) is 158 Å². The summed E-state index contributed by atoms with van der Waals surface area (Å²) in [6.45, 7) is 3.94. The number of benzene rings is 2. The molecular formula is C27H32N4O7. The Balaban J connectivity index is 2.52. The van der Waals surface area contributed by atoms with Gasteiger partial charge in [0.2, 0.25) is 11.8 Å². The van der Waals surface area contributed by atoms with Crippen LogP contribution >= 0.6 is 0 Å². The van der Waals surface area contributed by atoms with Gasteiger partial charge in [-0.25, -0.2) is 4.79 Å². The Morgan fingerprint density at radius 3 is 2.26 bits per heavy atom. The molecule has 3 N–H and O–H groups in total. The minimum atomic E-state index is -1.51. The molecule has 0 saturated heterocycles. The fraction of sp³-hybridized carbons (Fsp3) is 0.370. The van der Waals surface area contributed by atoms with Crippen molar-refractivity contribution in [3.8, 4) is 11.8 Å². The SMILES string of the molecule is COC(=O)CNC(=O)C(c1ccccc1O)N(CC#N)C(=O)C(Cc1ccccc1)NC(=O)OC(C)(C)C. The molecule has 2 atom stereocenters. The summed E-state index contributed by atoms with van der Waals surface area (Å²) in [5, 5.41) is 25.0. The van der Waals surface area contributed by atoms with E-state index >= 15 is 0 Å². The molecule has 0 bridgehead atoms. The maximum Gasteiger partial charge on any atom is 0.408 e. The van der Waals surface area contributed by atoms with E-state index in [2.05, 4.69) is 15.4 Å². The third-order valence-electron chi connectivity index (χ3n) is 5.22. The third kappa shape index (κ3) is 8.81. The van der Waals surface area contributed by atoms with Crippen molar-refractivity contribution in [1.82, 2.24) is 15.5 Å². The van der Waals surface area contributed by atoms with E-state index in [1.165, 1.54) is 18.2 Å². The van der Waals surface area contributed by atoms with Crippen molar-refractivity contribution in [2.75, 3.05) is 20.2 Å². The van der Waals surface area contributed by atoms with Gasteiger partial charge < -0.3 is 30.1 Å². The normalized spacial score (nSPS) is 12.3. The van der Waals surface area contributed by atoms with E-state index in [1.807, 2.05) is 6.07 Å². The molecule has 2 unspecified atom stereocenters. The number of carbonyl (C=O) groups excluding carboxylic acids is 4. The summed E-state index contributed by atoms with van der Waals surface area (Å²) in [7, 11) is 1.15. The summed E-state index contributed by atoms with van der Waals surface area (Å²) in [4.78, 5) is 52.4. The number of rotatable bonds is 10. The van der Waals surface area contributed by atoms with Crippen LogP contribution in [0.2, 0.25) is 0 Å². The molecule has 3 amide bonds. The number of ether oxygens (including phenoxy) is 2. The van der Waals surface area contributed by atoms with E-state index in [9.17, 15) is 29.5 Å². The molecule has 202 valence electrons. The average molecular weight is 525 g/mol. The quantitative estimate of drug-likeness (QED) is 0.315. The molecule has 0 aliphatic rings. The maximum atomic E-state index is 13.9. The Morgan fingerprint density at radius 2 is 1.68 bits per heavy atom. The first kappa shape index (κ1) is 29.6. The lowest BCUT2D eigenvalue weighted by atomic mass is 9.99. The van der Waals surface area contributed by atoms with Gasteiger partial charge in [-0.1, -0.05) is 48.5 Å². The lowest BCUT2D eigenvalue weighted by Gasteiger charge is -2.33. The van der Waals surface area contributed by atoms with Gasteiger partial charge in [-0.3, -0.25) is 14.4 Å². The minimum Gasteiger partial charge on any atom is -0.508 e. The number of alkyl carbamates (subject to hydrolysis) is 1. The van der Waals surface area contributed by atoms with Gasteiger partial charge in [0.1, 0.15) is 36.5 Å². The number of nitrogens with one attached hydrogen (secondary N) is 2. The molecule has 2 aromatic rings. The van der Waals surface area contributed by atoms with Crippen LogP contribution in [-0.2, 0) is 30.3 Å². The molecule has 2 aromatic carbocycles. The van der Waals surface area contributed by atoms with Gasteiger partial charge in [-0.2, -0.15) is 5.26 Å². The van der Waals surface area contributed by atoms with Crippen LogP contribution in [0, 0.1) is 11.3 Å². The molecule has 0 fully saturated rings. The zero-order chi connectivity index (χ0) is 28.3. The van der Waals surface area contributed by atoms with Crippen LogP contribution in [0.3, 0.4) is 0 Å². The van der Waals surface area contributed by atoms with Crippen molar-refractivity contribution < 1.29 is 33.8 Å². The number of esters is 1. The molecule has 11 nitrogen and oxygen atoms in total. The first-order valence-corrected chi connectivity index (χ1v) is 11.8. The highest BCUT2D eigenvalue weighted by Gasteiger charge is 2.37. The van der Waals surface area contributed by atoms with Gasteiger partial charge in [0.25, 0.3) is 0 Å². The molecule has 0 saturated carbocycles. The Labute approximate surface area is 221 Å². The number of para-hydroxylation sites is 1. The summed E-state index contributed by atoms with van der Waals surface area (Å²) in [6.07, 6.45) is -0.837. The predicted molar refractivity (Wildman–Crippen MR) is 137 cm³/mol. The van der Waals surface area contributed by atoms with Crippen LogP contribution < -0.4 is 10.6 Å². The predicted octanol–water partition coefficient (Wildman–Crippen LogP) is 2.21. The molecular weight excluding hydrogens is 492 g/mol. The maximum absolute atomic E-state index is 13.9. The smallest absolute Gasteiger partial charge is 0.408 e. The molecule has 2 rings (SSSR count). The molecule has 11 heteroatoms. The molecule has 0 aromatic heterocycles. The number of nitrogens with zero attached hydrogens (tertiary/aromatic N) is 2. The van der Waals surface area contributed by atoms with Gasteiger partial charge in [0, 0.05) is 12.0 Å². The first-order valence-electron chi connectivity index (χ1n) is 11.8. The van der Waals surface area contributed by atoms with E-state index in [1.54, 1.807) is 57.2 Å². The third-order valence-corrected chi connectivity index (χ3v) is 5.22. The van der Waals surface area contributed by atoms with E-state index in [4.69, 9.17) is 4.74 Å². The summed E-state index contributed by atoms with van der Waals surface area (Å²) in [5.41, 5.74) is -0.120. The zero-order valence-electron chi connectivity index (χ0n) is 21.8. The summed E-state index contributed by atoms with van der Waals surface area (Å²) in [6, 6.07) is 13.8. The molecule has 38 heavy (non-hydrogen) atoms. The number of aromatic hydroxyl groups is 1. The first-order chi connectivity index (χ1) is 18.0. The van der Waals surface area contributed by atoms with E-state index < -0.39 is 54.7 Å². The van der Waals surface area contributed by atoms with Crippen LogP contribution in [0.1, 0.15) is 37.9 Å². The summed E-state index contributed by atoms with van der Waals surface area (Å²) < 4.78 is 9.88. The average Bonchev–Trinajstić information content (AvgIpc) is 2.86. The van der Waals surface area contributed by atoms with Crippen LogP contribution in [0.4, 0.5) is 4.79 Å². The number of methoxy groups -OCH3 is 1. The van der Waals surface area contributed by atoms with Gasteiger partial charge >= 0.3 is 12.1 Å². The largest absolute Gasteiger partial charge is 0.508 e. The van der Waals surface area contributed by atoms with Crippen molar-refractivity contribution >= 4 is 23.9 Å². The number of hydrogen-bond acceptors (Lipinski definition) is 8. The van der Waals surface area contributed by atoms with Gasteiger partial charge in [-0.05, 0) is 32.4 Å². The van der Waals surface area contributed by atoms with Crippen molar-refractivity contribution in [2.24, 2.45) is 0 Å². The Hall–Kier alpha value is -4.59. The molecule has 0 aliphatic carbocycles. The number of phenolic OH excluding ortho intramolecular Hbond substituents is 1. The highest BCUT2D eigenvalue weighted by Crippen LogP contribution is 2.29. The highest BCUT2D eigenvalue weighted by atomic mass is 16.6. The van der Waals surface area contributed by atoms with Crippen LogP contribution in [0.15, 0.2) is 54.6 Å². The van der Waals surface area contributed by atoms with Crippen molar-refractivity contribution in [3.05, 3.63) is 65.7 Å². The standard InChI is InChI=1S/C27H32N4O7/c1-27(2,3)38-26(36)30-20(16-18-10-6-5-7-11-18)25(35)31(15-14-28)23(19-12-8-9-13-21(19)32)24(34)29-17-22(33)37-4/h5-13,20,23,32H,15-17H2,1-4H3,(H,29,34)(H,30,36). The van der Waals surface area contributed by atoms with E-state index in [-0.39, 0.29) is 17.7 Å². The number of amides is 3. The second-order valence-corrected chi connectivity index (χ2v) is 9.27. The highest BCUT2D eigenvalue weighted by molar-refractivity contribution is 5.93. The minimum absolute atomic E-state index is 0.0224. The van der Waals surface area contributed by atoms with Crippen molar-refractivity contribution in [1.29, 1.82) is 5.26 Å². The number of hydrogen-bond donors (Lipinski definition) is 3. The van der Waals surface area contributed by atoms with Crippen LogP contribution in [-0.4, -0.2) is 65.7 Å². The Bertz CT molecular complexity index is 1170. The zero-order valence-corrected chi connectivity index (χ0v) is 21.8. The van der Waals surface area contributed by atoms with E-state index in [0.29, 0.717) is 5.56 Å². The summed E-state index contributed by atoms with van der Waals surface area (Å²) in [5.74, 6) is -2.65. The molecule has 0 heterocycles.